The second kappa shape index (κ2) is 5.93. The summed E-state index contributed by atoms with van der Waals surface area (Å²) in [5.74, 6) is 0.386. The molecular formula is C13H15FN2OS. The molecule has 0 radical (unpaired) electrons. The smallest absolute Gasteiger partial charge is 0.128 e. The normalized spacial score (nSPS) is 10.6. The highest BCUT2D eigenvalue weighted by Gasteiger charge is 2.11. The van der Waals surface area contributed by atoms with E-state index in [2.05, 4.69) is 10.3 Å². The van der Waals surface area contributed by atoms with E-state index < -0.39 is 0 Å². The van der Waals surface area contributed by atoms with Crippen molar-refractivity contribution in [1.82, 2.24) is 10.3 Å². The molecular weight excluding hydrogens is 251 g/mol. The Balaban J connectivity index is 2.37. The summed E-state index contributed by atoms with van der Waals surface area (Å²) in [5.41, 5.74) is 1.46. The molecule has 1 aromatic heterocycles. The average Bonchev–Trinajstić information content (AvgIpc) is 2.81. The van der Waals surface area contributed by atoms with Crippen molar-refractivity contribution in [2.45, 2.75) is 13.5 Å². The number of rotatable bonds is 5. The van der Waals surface area contributed by atoms with Crippen LogP contribution in [0.15, 0.2) is 23.6 Å². The first kappa shape index (κ1) is 13.0. The molecule has 3 nitrogen and oxygen atoms in total. The van der Waals surface area contributed by atoms with Crippen molar-refractivity contribution in [3.05, 3.63) is 34.4 Å². The van der Waals surface area contributed by atoms with E-state index in [1.165, 1.54) is 12.1 Å². The fourth-order valence-electron chi connectivity index (χ4n) is 1.65. The van der Waals surface area contributed by atoms with Gasteiger partial charge in [-0.15, -0.1) is 11.3 Å². The van der Waals surface area contributed by atoms with Crippen molar-refractivity contribution in [3.63, 3.8) is 0 Å². The summed E-state index contributed by atoms with van der Waals surface area (Å²) in [6.45, 7) is 3.16. The Labute approximate surface area is 110 Å². The van der Waals surface area contributed by atoms with Crippen LogP contribution in [0.2, 0.25) is 0 Å². The molecule has 0 spiro atoms. The average molecular weight is 266 g/mol. The zero-order valence-corrected chi connectivity index (χ0v) is 11.2. The molecule has 1 aromatic carbocycles. The van der Waals surface area contributed by atoms with Gasteiger partial charge in [0.05, 0.1) is 12.3 Å². The molecule has 0 atom stereocenters. The van der Waals surface area contributed by atoms with Crippen molar-refractivity contribution in [1.29, 1.82) is 0 Å². The summed E-state index contributed by atoms with van der Waals surface area (Å²) in [6, 6.07) is 4.50. The first-order valence-corrected chi connectivity index (χ1v) is 6.64. The van der Waals surface area contributed by atoms with E-state index in [1.807, 2.05) is 19.4 Å². The highest BCUT2D eigenvalue weighted by molar-refractivity contribution is 7.09. The molecule has 0 bridgehead atoms. The third kappa shape index (κ3) is 2.86. The number of halogens is 1. The van der Waals surface area contributed by atoms with Crippen LogP contribution in [-0.4, -0.2) is 18.6 Å². The van der Waals surface area contributed by atoms with Crippen LogP contribution in [0.25, 0.3) is 11.3 Å². The first-order chi connectivity index (χ1) is 8.74. The van der Waals surface area contributed by atoms with Crippen LogP contribution in [0.3, 0.4) is 0 Å². The second-order valence-electron chi connectivity index (χ2n) is 3.73. The number of thiazole rings is 1. The number of hydrogen-bond acceptors (Lipinski definition) is 4. The number of nitrogens with one attached hydrogen (secondary N) is 1. The number of hydrogen-bond donors (Lipinski definition) is 1. The van der Waals surface area contributed by atoms with Gasteiger partial charge in [-0.2, -0.15) is 0 Å². The topological polar surface area (TPSA) is 34.1 Å². The van der Waals surface area contributed by atoms with Gasteiger partial charge in [0.15, 0.2) is 0 Å². The zero-order valence-electron chi connectivity index (χ0n) is 10.4. The van der Waals surface area contributed by atoms with Gasteiger partial charge in [0.1, 0.15) is 16.6 Å². The lowest BCUT2D eigenvalue weighted by atomic mass is 10.1. The van der Waals surface area contributed by atoms with Crippen LogP contribution < -0.4 is 10.1 Å². The van der Waals surface area contributed by atoms with Gasteiger partial charge in [0.25, 0.3) is 0 Å². The summed E-state index contributed by atoms with van der Waals surface area (Å²) in [6.07, 6.45) is 0. The van der Waals surface area contributed by atoms with Crippen molar-refractivity contribution < 1.29 is 9.13 Å². The monoisotopic (exact) mass is 266 g/mol. The minimum Gasteiger partial charge on any atom is -0.493 e. The van der Waals surface area contributed by atoms with Crippen LogP contribution >= 0.6 is 11.3 Å². The van der Waals surface area contributed by atoms with E-state index in [9.17, 15) is 4.39 Å². The minimum atomic E-state index is -0.281. The molecule has 0 saturated carbocycles. The number of aromatic nitrogens is 1. The largest absolute Gasteiger partial charge is 0.493 e. The van der Waals surface area contributed by atoms with Gasteiger partial charge in [-0.05, 0) is 32.2 Å². The van der Waals surface area contributed by atoms with Crippen LogP contribution in [0, 0.1) is 5.82 Å². The van der Waals surface area contributed by atoms with Crippen LogP contribution in [-0.2, 0) is 6.54 Å². The molecule has 0 aliphatic rings. The van der Waals surface area contributed by atoms with Gasteiger partial charge in [0, 0.05) is 17.5 Å². The molecule has 0 unspecified atom stereocenters. The van der Waals surface area contributed by atoms with Crippen molar-refractivity contribution >= 4 is 11.3 Å². The molecule has 18 heavy (non-hydrogen) atoms. The number of benzene rings is 1. The predicted octanol–water partition coefficient (Wildman–Crippen LogP) is 3.07. The maximum Gasteiger partial charge on any atom is 0.128 e. The molecule has 0 fully saturated rings. The summed E-state index contributed by atoms with van der Waals surface area (Å²) in [5, 5.41) is 5.93. The highest BCUT2D eigenvalue weighted by atomic mass is 32.1. The Bertz CT molecular complexity index is 527. The maximum atomic E-state index is 13.3. The Hall–Kier alpha value is -1.46. The fraction of sp³-hybridized carbons (Fsp3) is 0.308. The van der Waals surface area contributed by atoms with Gasteiger partial charge in [0.2, 0.25) is 0 Å². The lowest BCUT2D eigenvalue weighted by Crippen LogP contribution is -2.04. The number of nitrogens with zero attached hydrogens (tertiary/aromatic N) is 1. The zero-order chi connectivity index (χ0) is 13.0. The molecule has 1 N–H and O–H groups in total. The quantitative estimate of drug-likeness (QED) is 0.903. The second-order valence-corrected chi connectivity index (χ2v) is 4.67. The maximum absolute atomic E-state index is 13.3. The minimum absolute atomic E-state index is 0.281. The van der Waals surface area contributed by atoms with E-state index in [-0.39, 0.29) is 5.82 Å². The predicted molar refractivity (Wildman–Crippen MR) is 71.4 cm³/mol. The molecule has 2 aromatic rings. The molecule has 0 amide bonds. The summed E-state index contributed by atoms with van der Waals surface area (Å²) >= 11 is 1.55. The lowest BCUT2D eigenvalue weighted by Gasteiger charge is -2.08. The van der Waals surface area contributed by atoms with Crippen molar-refractivity contribution in [3.8, 4) is 17.0 Å². The van der Waals surface area contributed by atoms with Crippen LogP contribution in [0.4, 0.5) is 4.39 Å². The van der Waals surface area contributed by atoms with Crippen LogP contribution in [0.5, 0.6) is 5.75 Å². The van der Waals surface area contributed by atoms with Crippen molar-refractivity contribution in [2.75, 3.05) is 13.7 Å². The SMILES string of the molecule is CCOc1ccc(F)cc1-c1csc(CNC)n1. The fourth-order valence-corrected chi connectivity index (χ4v) is 2.46. The lowest BCUT2D eigenvalue weighted by molar-refractivity contribution is 0.341. The molecule has 1 heterocycles. The first-order valence-electron chi connectivity index (χ1n) is 5.76. The Kier molecular flexibility index (Phi) is 4.28. The molecule has 0 aliphatic carbocycles. The van der Waals surface area contributed by atoms with E-state index in [0.717, 1.165) is 10.7 Å². The molecule has 96 valence electrons. The summed E-state index contributed by atoms with van der Waals surface area (Å²) in [4.78, 5) is 4.46. The van der Waals surface area contributed by atoms with E-state index in [4.69, 9.17) is 4.74 Å². The Morgan fingerprint density at radius 1 is 1.44 bits per heavy atom. The van der Waals surface area contributed by atoms with Gasteiger partial charge in [-0.3, -0.25) is 0 Å². The molecule has 0 saturated heterocycles. The highest BCUT2D eigenvalue weighted by Crippen LogP contribution is 2.31. The molecule has 0 aliphatic heterocycles. The molecule has 2 rings (SSSR count). The van der Waals surface area contributed by atoms with Crippen molar-refractivity contribution in [2.24, 2.45) is 0 Å². The van der Waals surface area contributed by atoms with Gasteiger partial charge in [-0.25, -0.2) is 9.37 Å². The Morgan fingerprint density at radius 3 is 3.00 bits per heavy atom. The standard InChI is InChI=1S/C13H15FN2OS/c1-3-17-12-5-4-9(14)6-10(12)11-8-18-13(16-11)7-15-2/h4-6,8,15H,3,7H2,1-2H3. The molecule has 5 heteroatoms. The van der Waals surface area contributed by atoms with E-state index >= 15 is 0 Å². The van der Waals surface area contributed by atoms with E-state index in [0.29, 0.717) is 24.5 Å². The third-order valence-corrected chi connectivity index (χ3v) is 3.25. The summed E-state index contributed by atoms with van der Waals surface area (Å²) < 4.78 is 18.8. The van der Waals surface area contributed by atoms with Gasteiger partial charge < -0.3 is 10.1 Å². The number of ether oxygens (including phenoxy) is 1. The van der Waals surface area contributed by atoms with E-state index in [1.54, 1.807) is 17.4 Å². The summed E-state index contributed by atoms with van der Waals surface area (Å²) in [7, 11) is 1.87. The van der Waals surface area contributed by atoms with Crippen LogP contribution in [0.1, 0.15) is 11.9 Å². The van der Waals surface area contributed by atoms with Gasteiger partial charge in [-0.1, -0.05) is 0 Å². The Morgan fingerprint density at radius 2 is 2.28 bits per heavy atom. The van der Waals surface area contributed by atoms with Gasteiger partial charge >= 0.3 is 0 Å². The third-order valence-electron chi connectivity index (χ3n) is 2.40.